The van der Waals surface area contributed by atoms with E-state index in [1.54, 1.807) is 0 Å². The van der Waals surface area contributed by atoms with Crippen LogP contribution in [-0.2, 0) is 11.8 Å². The van der Waals surface area contributed by atoms with Gasteiger partial charge in [-0.25, -0.2) is 0 Å². The second kappa shape index (κ2) is 6.73. The van der Waals surface area contributed by atoms with E-state index in [0.717, 1.165) is 0 Å². The molecule has 0 saturated carbocycles. The highest BCUT2D eigenvalue weighted by molar-refractivity contribution is 8.73. The zero-order chi connectivity index (χ0) is 11.1. The molecule has 0 nitrogen and oxygen atoms in total. The first-order valence-corrected chi connectivity index (χ1v) is 10.1. The minimum Gasteiger partial charge on any atom is -0.119 e. The molecule has 0 aromatic heterocycles. The summed E-state index contributed by atoms with van der Waals surface area (Å²) in [5.41, 5.74) is 0. The SMILES string of the molecule is CCCSP(=S)(CCC)c1ccccc1. The largest absolute Gasteiger partial charge is 0.119 e. The van der Waals surface area contributed by atoms with Gasteiger partial charge in [-0.15, -0.1) is 11.4 Å². The first kappa shape index (κ1) is 13.3. The molecule has 0 aliphatic carbocycles. The summed E-state index contributed by atoms with van der Waals surface area (Å²) in [6, 6.07) is 10.7. The summed E-state index contributed by atoms with van der Waals surface area (Å²) in [6.07, 6.45) is 3.61. The van der Waals surface area contributed by atoms with Crippen LogP contribution < -0.4 is 5.30 Å². The predicted molar refractivity (Wildman–Crippen MR) is 78.3 cm³/mol. The van der Waals surface area contributed by atoms with Gasteiger partial charge >= 0.3 is 0 Å². The fourth-order valence-electron chi connectivity index (χ4n) is 1.46. The van der Waals surface area contributed by atoms with Crippen molar-refractivity contribution in [3.63, 3.8) is 0 Å². The van der Waals surface area contributed by atoms with Crippen molar-refractivity contribution in [2.75, 3.05) is 11.9 Å². The van der Waals surface area contributed by atoms with Crippen LogP contribution in [0.1, 0.15) is 26.7 Å². The Morgan fingerprint density at radius 1 is 1.13 bits per heavy atom. The normalized spacial score (nSPS) is 14.8. The molecule has 1 atom stereocenters. The first-order chi connectivity index (χ1) is 7.23. The molecule has 0 heterocycles. The van der Waals surface area contributed by atoms with Gasteiger partial charge in [-0.1, -0.05) is 62.4 Å². The van der Waals surface area contributed by atoms with E-state index in [1.807, 2.05) is 11.4 Å². The lowest BCUT2D eigenvalue weighted by molar-refractivity contribution is 1.10. The molecule has 15 heavy (non-hydrogen) atoms. The summed E-state index contributed by atoms with van der Waals surface area (Å²) in [6.45, 7) is 4.46. The van der Waals surface area contributed by atoms with E-state index < -0.39 is 5.24 Å². The van der Waals surface area contributed by atoms with Crippen LogP contribution in [0.3, 0.4) is 0 Å². The average molecular weight is 258 g/mol. The molecule has 0 aliphatic heterocycles. The average Bonchev–Trinajstić information content (AvgIpc) is 2.28. The van der Waals surface area contributed by atoms with Crippen LogP contribution in [0.25, 0.3) is 0 Å². The van der Waals surface area contributed by atoms with Gasteiger partial charge in [-0.2, -0.15) is 0 Å². The van der Waals surface area contributed by atoms with Crippen molar-refractivity contribution in [3.8, 4) is 0 Å². The van der Waals surface area contributed by atoms with Crippen LogP contribution in [0.2, 0.25) is 0 Å². The molecule has 0 bridgehead atoms. The van der Waals surface area contributed by atoms with Crippen molar-refractivity contribution in [2.45, 2.75) is 26.7 Å². The van der Waals surface area contributed by atoms with Gasteiger partial charge in [0.15, 0.2) is 0 Å². The number of rotatable bonds is 6. The highest BCUT2D eigenvalue weighted by atomic mass is 32.9. The third kappa shape index (κ3) is 3.94. The Hall–Kier alpha value is 0.220. The maximum Gasteiger partial charge on any atom is 0.0337 e. The summed E-state index contributed by atoms with van der Waals surface area (Å²) in [4.78, 5) is 0. The van der Waals surface area contributed by atoms with E-state index in [9.17, 15) is 0 Å². The van der Waals surface area contributed by atoms with E-state index in [2.05, 4.69) is 44.2 Å². The molecule has 0 fully saturated rings. The highest BCUT2D eigenvalue weighted by Gasteiger charge is 2.18. The molecule has 1 aromatic rings. The van der Waals surface area contributed by atoms with Crippen LogP contribution in [0.15, 0.2) is 30.3 Å². The van der Waals surface area contributed by atoms with Crippen LogP contribution >= 0.6 is 16.6 Å². The van der Waals surface area contributed by atoms with Gasteiger partial charge in [0.1, 0.15) is 0 Å². The Morgan fingerprint density at radius 2 is 1.80 bits per heavy atom. The van der Waals surface area contributed by atoms with Crippen molar-refractivity contribution in [1.29, 1.82) is 0 Å². The van der Waals surface area contributed by atoms with Gasteiger partial charge in [0.05, 0.1) is 0 Å². The fraction of sp³-hybridized carbons (Fsp3) is 0.500. The summed E-state index contributed by atoms with van der Waals surface area (Å²) >= 11 is 7.93. The monoisotopic (exact) mass is 258 g/mol. The molecular weight excluding hydrogens is 239 g/mol. The maximum atomic E-state index is 5.91. The predicted octanol–water partition coefficient (Wildman–Crippen LogP) is 4.26. The lowest BCUT2D eigenvalue weighted by atomic mass is 10.4. The number of benzene rings is 1. The molecule has 0 amide bonds. The summed E-state index contributed by atoms with van der Waals surface area (Å²) < 4.78 is 0. The minimum atomic E-state index is -1.34. The maximum absolute atomic E-state index is 5.91. The number of hydrogen-bond donors (Lipinski definition) is 0. The zero-order valence-electron chi connectivity index (χ0n) is 9.48. The molecule has 0 aliphatic rings. The zero-order valence-corrected chi connectivity index (χ0v) is 12.0. The Morgan fingerprint density at radius 3 is 2.33 bits per heavy atom. The third-order valence-electron chi connectivity index (χ3n) is 2.17. The van der Waals surface area contributed by atoms with E-state index in [0.29, 0.717) is 0 Å². The second-order valence-corrected chi connectivity index (χ2v) is 11.8. The molecule has 1 unspecified atom stereocenters. The van der Waals surface area contributed by atoms with Gasteiger partial charge in [-0.05, 0) is 23.6 Å². The molecular formula is C12H19PS2. The van der Waals surface area contributed by atoms with E-state index in [1.165, 1.54) is 30.1 Å². The van der Waals surface area contributed by atoms with Crippen molar-refractivity contribution >= 4 is 33.7 Å². The Kier molecular flexibility index (Phi) is 5.96. The lowest BCUT2D eigenvalue weighted by Crippen LogP contribution is -2.04. The minimum absolute atomic E-state index is 1.19. The van der Waals surface area contributed by atoms with Gasteiger partial charge in [-0.3, -0.25) is 0 Å². The van der Waals surface area contributed by atoms with Crippen LogP contribution in [0.4, 0.5) is 0 Å². The van der Waals surface area contributed by atoms with Crippen LogP contribution in [0, 0.1) is 0 Å². The van der Waals surface area contributed by atoms with Gasteiger partial charge < -0.3 is 0 Å². The molecule has 1 aromatic carbocycles. The van der Waals surface area contributed by atoms with Crippen molar-refractivity contribution < 1.29 is 0 Å². The molecule has 0 spiro atoms. The Labute approximate surface area is 103 Å². The van der Waals surface area contributed by atoms with Crippen molar-refractivity contribution in [1.82, 2.24) is 0 Å². The van der Waals surface area contributed by atoms with Gasteiger partial charge in [0.25, 0.3) is 0 Å². The molecule has 0 saturated heterocycles. The molecule has 3 heteroatoms. The summed E-state index contributed by atoms with van der Waals surface area (Å²) in [7, 11) is 0. The van der Waals surface area contributed by atoms with Crippen LogP contribution in [-0.4, -0.2) is 11.9 Å². The Balaban J connectivity index is 2.86. The third-order valence-corrected chi connectivity index (χ3v) is 10.4. The highest BCUT2D eigenvalue weighted by Crippen LogP contribution is 2.58. The summed E-state index contributed by atoms with van der Waals surface area (Å²) in [5, 5.41) is 0.0648. The standard InChI is InChI=1S/C12H19PS2/c1-3-10-13(14,15-11-4-2)12-8-6-5-7-9-12/h5-9H,3-4,10-11H2,1-2H3. The summed E-state index contributed by atoms with van der Waals surface area (Å²) in [5.74, 6) is 1.20. The van der Waals surface area contributed by atoms with E-state index >= 15 is 0 Å². The molecule has 0 N–H and O–H groups in total. The van der Waals surface area contributed by atoms with Crippen LogP contribution in [0.5, 0.6) is 0 Å². The van der Waals surface area contributed by atoms with Crippen molar-refractivity contribution in [2.24, 2.45) is 0 Å². The van der Waals surface area contributed by atoms with Gasteiger partial charge in [0, 0.05) is 5.24 Å². The topological polar surface area (TPSA) is 0 Å². The molecule has 84 valence electrons. The fourth-order valence-corrected chi connectivity index (χ4v) is 8.45. The first-order valence-electron chi connectivity index (χ1n) is 5.52. The molecule has 1 rings (SSSR count). The second-order valence-electron chi connectivity index (χ2n) is 3.57. The molecule has 0 radical (unpaired) electrons. The lowest BCUT2D eigenvalue weighted by Gasteiger charge is -2.21. The van der Waals surface area contributed by atoms with E-state index in [4.69, 9.17) is 11.8 Å². The van der Waals surface area contributed by atoms with E-state index in [-0.39, 0.29) is 0 Å². The van der Waals surface area contributed by atoms with Gasteiger partial charge in [0.2, 0.25) is 0 Å². The quantitative estimate of drug-likeness (QED) is 0.699. The Bertz CT molecular complexity index is 322. The number of hydrogen-bond acceptors (Lipinski definition) is 2. The van der Waals surface area contributed by atoms with Crippen molar-refractivity contribution in [3.05, 3.63) is 30.3 Å². The smallest absolute Gasteiger partial charge is 0.0337 e.